The molecule has 1 aliphatic rings. The summed E-state index contributed by atoms with van der Waals surface area (Å²) in [4.78, 5) is 2.80. The summed E-state index contributed by atoms with van der Waals surface area (Å²) in [5, 5.41) is -0.0172. The number of halogens is 5. The number of nitrogens with zero attached hydrogens (tertiary/aromatic N) is 1. The maximum atomic E-state index is 12.9. The van der Waals surface area contributed by atoms with Gasteiger partial charge in [0, 0.05) is 16.7 Å². The van der Waals surface area contributed by atoms with Crippen molar-refractivity contribution in [1.29, 1.82) is 0 Å². The van der Waals surface area contributed by atoms with Gasteiger partial charge in [-0.15, -0.1) is 25.6 Å². The van der Waals surface area contributed by atoms with Crippen LogP contribution in [0.3, 0.4) is 0 Å². The summed E-state index contributed by atoms with van der Waals surface area (Å²) in [6, 6.07) is 11.7. The fraction of sp³-hybridized carbons (Fsp3) is 0.400. The average Bonchev–Trinajstić information content (AvgIpc) is 2.67. The zero-order chi connectivity index (χ0) is 20.1. The van der Waals surface area contributed by atoms with Gasteiger partial charge in [-0.1, -0.05) is 12.1 Å². The molecule has 1 atom stereocenters. The summed E-state index contributed by atoms with van der Waals surface area (Å²) >= 11 is 0. The molecule has 1 saturated heterocycles. The van der Waals surface area contributed by atoms with Crippen molar-refractivity contribution in [2.45, 2.75) is 35.8 Å². The Hall–Kier alpha value is -1.64. The summed E-state index contributed by atoms with van der Waals surface area (Å²) in [6.45, 7) is 2.48. The first-order valence-corrected chi connectivity index (χ1v) is 10.2. The molecule has 0 amide bonds. The molecule has 0 aromatic heterocycles. The number of rotatable bonds is 6. The molecule has 0 aliphatic carbocycles. The van der Waals surface area contributed by atoms with E-state index in [1.165, 1.54) is 36.4 Å². The van der Waals surface area contributed by atoms with Gasteiger partial charge >= 0.3 is 6.36 Å². The lowest BCUT2D eigenvalue weighted by Gasteiger charge is -2.31. The smallest absolute Gasteiger partial charge is 0.406 e. The molecule has 3 nitrogen and oxygen atoms in total. The van der Waals surface area contributed by atoms with Crippen LogP contribution in [0.1, 0.15) is 18.4 Å². The Morgan fingerprint density at radius 1 is 1.00 bits per heavy atom. The van der Waals surface area contributed by atoms with Crippen LogP contribution < -0.4 is 4.74 Å². The van der Waals surface area contributed by atoms with Gasteiger partial charge in [-0.25, -0.2) is 4.39 Å². The molecule has 1 unspecified atom stereocenters. The molecule has 1 fully saturated rings. The van der Waals surface area contributed by atoms with E-state index < -0.39 is 17.2 Å². The van der Waals surface area contributed by atoms with Crippen molar-refractivity contribution in [3.63, 3.8) is 0 Å². The van der Waals surface area contributed by atoms with Gasteiger partial charge < -0.3 is 9.64 Å². The van der Waals surface area contributed by atoms with E-state index in [2.05, 4.69) is 9.64 Å². The molecule has 0 N–H and O–H groups in total. The topological polar surface area (TPSA) is 29.5 Å². The van der Waals surface area contributed by atoms with E-state index in [0.717, 1.165) is 44.5 Å². The van der Waals surface area contributed by atoms with Crippen LogP contribution in [0.15, 0.2) is 53.4 Å². The first-order valence-electron chi connectivity index (χ1n) is 9.03. The Kier molecular flexibility index (Phi) is 8.48. The van der Waals surface area contributed by atoms with E-state index >= 15 is 0 Å². The second kappa shape index (κ2) is 10.4. The quantitative estimate of drug-likeness (QED) is 0.581. The minimum absolute atomic E-state index is 0. The fourth-order valence-corrected chi connectivity index (χ4v) is 4.68. The van der Waals surface area contributed by atoms with Crippen LogP contribution in [0.2, 0.25) is 0 Å². The van der Waals surface area contributed by atoms with Gasteiger partial charge in [-0.2, -0.15) is 0 Å². The Labute approximate surface area is 175 Å². The highest BCUT2D eigenvalue weighted by Crippen LogP contribution is 2.26. The molecule has 0 spiro atoms. The molecule has 2 aromatic rings. The third-order valence-electron chi connectivity index (χ3n) is 4.76. The summed E-state index contributed by atoms with van der Waals surface area (Å²) in [7, 11) is -1.26. The summed E-state index contributed by atoms with van der Waals surface area (Å²) in [6.07, 6.45) is -2.39. The molecule has 1 aliphatic heterocycles. The third kappa shape index (κ3) is 7.28. The van der Waals surface area contributed by atoms with Gasteiger partial charge in [-0.3, -0.25) is 4.21 Å². The maximum absolute atomic E-state index is 12.9. The van der Waals surface area contributed by atoms with E-state index in [-0.39, 0.29) is 29.2 Å². The Bertz CT molecular complexity index is 792. The van der Waals surface area contributed by atoms with Gasteiger partial charge in [0.25, 0.3) is 0 Å². The lowest BCUT2D eigenvalue weighted by molar-refractivity contribution is -0.274. The van der Waals surface area contributed by atoms with Crippen LogP contribution in [0, 0.1) is 5.82 Å². The van der Waals surface area contributed by atoms with Crippen molar-refractivity contribution >= 4 is 23.2 Å². The fourth-order valence-electron chi connectivity index (χ4n) is 3.25. The van der Waals surface area contributed by atoms with Crippen molar-refractivity contribution in [2.24, 2.45) is 0 Å². The van der Waals surface area contributed by atoms with Gasteiger partial charge in [0.05, 0.1) is 10.8 Å². The molecule has 0 bridgehead atoms. The maximum Gasteiger partial charge on any atom is 0.573 e. The van der Waals surface area contributed by atoms with Gasteiger partial charge in [0.2, 0.25) is 0 Å². The number of alkyl halides is 3. The Balaban J connectivity index is 0.00000300. The number of likely N-dealkylation sites (tertiary alicyclic amines) is 1. The number of hydrogen-bond donors (Lipinski definition) is 0. The van der Waals surface area contributed by atoms with E-state index in [1.54, 1.807) is 12.1 Å². The van der Waals surface area contributed by atoms with Crippen LogP contribution >= 0.6 is 12.4 Å². The predicted molar refractivity (Wildman–Crippen MR) is 106 cm³/mol. The van der Waals surface area contributed by atoms with Gasteiger partial charge in [0.15, 0.2) is 0 Å². The lowest BCUT2D eigenvalue weighted by atomic mass is 10.1. The van der Waals surface area contributed by atoms with Crippen LogP contribution in [0.25, 0.3) is 0 Å². The SMILES string of the molecule is Cl.O=S(c1ccc(OC(F)(F)F)cc1)C1CCN(CCc2ccc(F)cc2)CC1. The van der Waals surface area contributed by atoms with Crippen molar-refractivity contribution in [1.82, 2.24) is 4.90 Å². The molecule has 160 valence electrons. The number of piperidine rings is 1. The van der Waals surface area contributed by atoms with Crippen LogP contribution in [0.4, 0.5) is 17.6 Å². The zero-order valence-corrected chi connectivity index (χ0v) is 17.2. The molecular weight excluding hydrogens is 430 g/mol. The monoisotopic (exact) mass is 451 g/mol. The molecule has 9 heteroatoms. The lowest BCUT2D eigenvalue weighted by Crippen LogP contribution is -2.38. The average molecular weight is 452 g/mol. The molecule has 0 saturated carbocycles. The molecule has 3 rings (SSSR count). The van der Waals surface area contributed by atoms with Gasteiger partial charge in [-0.05, 0) is 74.3 Å². The van der Waals surface area contributed by atoms with Crippen molar-refractivity contribution in [3.8, 4) is 5.75 Å². The van der Waals surface area contributed by atoms with Crippen molar-refractivity contribution in [2.75, 3.05) is 19.6 Å². The molecule has 0 radical (unpaired) electrons. The summed E-state index contributed by atoms with van der Waals surface area (Å²) in [5.41, 5.74) is 1.08. The highest BCUT2D eigenvalue weighted by atomic mass is 35.5. The van der Waals surface area contributed by atoms with E-state index in [0.29, 0.717) is 4.90 Å². The summed E-state index contributed by atoms with van der Waals surface area (Å²) in [5.74, 6) is -0.561. The normalized spacial score (nSPS) is 16.8. The van der Waals surface area contributed by atoms with E-state index in [4.69, 9.17) is 0 Å². The molecule has 1 heterocycles. The minimum Gasteiger partial charge on any atom is -0.406 e. The minimum atomic E-state index is -4.73. The second-order valence-electron chi connectivity index (χ2n) is 6.73. The number of benzene rings is 2. The molecule has 29 heavy (non-hydrogen) atoms. The predicted octanol–water partition coefficient (Wildman–Crippen LogP) is 4.96. The first kappa shape index (κ1) is 23.6. The highest BCUT2D eigenvalue weighted by Gasteiger charge is 2.31. The standard InChI is InChI=1S/C20H21F4NO2S.ClH/c21-16-3-1-15(2-4-16)9-12-25-13-10-19(11-14-25)28(26)18-7-5-17(6-8-18)27-20(22,23)24;/h1-8,19H,9-14H2;1H. The Morgan fingerprint density at radius 2 is 1.59 bits per heavy atom. The zero-order valence-electron chi connectivity index (χ0n) is 15.5. The van der Waals surface area contributed by atoms with Crippen LogP contribution in [0.5, 0.6) is 5.75 Å². The molecular formula is C20H22ClF4NO2S. The molecule has 2 aromatic carbocycles. The third-order valence-corrected chi connectivity index (χ3v) is 6.57. The van der Waals surface area contributed by atoms with Crippen LogP contribution in [-0.4, -0.2) is 40.4 Å². The van der Waals surface area contributed by atoms with Crippen molar-refractivity contribution < 1.29 is 26.5 Å². The van der Waals surface area contributed by atoms with Gasteiger partial charge in [0.1, 0.15) is 11.6 Å². The van der Waals surface area contributed by atoms with E-state index in [1.807, 2.05) is 0 Å². The number of hydrogen-bond acceptors (Lipinski definition) is 3. The second-order valence-corrected chi connectivity index (χ2v) is 8.47. The van der Waals surface area contributed by atoms with Crippen LogP contribution in [-0.2, 0) is 17.2 Å². The summed E-state index contributed by atoms with van der Waals surface area (Å²) < 4.78 is 66.1. The number of ether oxygens (including phenoxy) is 1. The van der Waals surface area contributed by atoms with E-state index in [9.17, 15) is 21.8 Å². The Morgan fingerprint density at radius 3 is 2.14 bits per heavy atom. The first-order chi connectivity index (χ1) is 13.3. The largest absolute Gasteiger partial charge is 0.573 e. The highest BCUT2D eigenvalue weighted by molar-refractivity contribution is 7.85. The van der Waals surface area contributed by atoms with Crippen molar-refractivity contribution in [3.05, 3.63) is 59.9 Å².